The van der Waals surface area contributed by atoms with Gasteiger partial charge < -0.3 is 0 Å². The van der Waals surface area contributed by atoms with Gasteiger partial charge in [0, 0.05) is 22.1 Å². The van der Waals surface area contributed by atoms with Crippen LogP contribution in [0.2, 0.25) is 0 Å². The van der Waals surface area contributed by atoms with E-state index in [1.807, 2.05) is 48.5 Å². The van der Waals surface area contributed by atoms with Crippen LogP contribution in [-0.2, 0) is 12.8 Å². The number of unbranched alkanes of at least 4 members (excludes halogenated alkanes) is 1. The van der Waals surface area contributed by atoms with Crippen LogP contribution in [0, 0.1) is 17.7 Å². The van der Waals surface area contributed by atoms with Gasteiger partial charge in [-0.25, -0.2) is 4.39 Å². The Labute approximate surface area is 196 Å². The summed E-state index contributed by atoms with van der Waals surface area (Å²) >= 11 is 0. The summed E-state index contributed by atoms with van der Waals surface area (Å²) in [4.78, 5) is 0. The number of hydrogen-bond acceptors (Lipinski definition) is 0. The zero-order valence-electron chi connectivity index (χ0n) is 19.2. The van der Waals surface area contributed by atoms with Crippen molar-refractivity contribution >= 4 is 10.8 Å². The molecule has 0 bridgehead atoms. The fourth-order valence-corrected chi connectivity index (χ4v) is 3.99. The standard InChI is InChI=1S/C32H29F/c1-3-5-7-24-9-11-26(12-10-24)13-14-27-17-21-31-29(23-27)20-22-30(32(31)33)28-18-15-25(16-19-28)8-6-4-2/h4,9-12,15-23H,2-3,5-8H2,1H3. The van der Waals surface area contributed by atoms with E-state index in [1.165, 1.54) is 24.0 Å². The van der Waals surface area contributed by atoms with Crippen LogP contribution in [0.4, 0.5) is 4.39 Å². The summed E-state index contributed by atoms with van der Waals surface area (Å²) in [6.07, 6.45) is 7.34. The lowest BCUT2D eigenvalue weighted by molar-refractivity contribution is 0.643. The Morgan fingerprint density at radius 3 is 2.18 bits per heavy atom. The maximum Gasteiger partial charge on any atom is 0.138 e. The van der Waals surface area contributed by atoms with Crippen molar-refractivity contribution in [3.05, 3.63) is 120 Å². The molecule has 4 aromatic rings. The maximum atomic E-state index is 15.3. The molecule has 0 aromatic heterocycles. The van der Waals surface area contributed by atoms with Gasteiger partial charge in [-0.15, -0.1) is 6.58 Å². The highest BCUT2D eigenvalue weighted by atomic mass is 19.1. The van der Waals surface area contributed by atoms with Crippen LogP contribution in [0.1, 0.15) is 48.4 Å². The number of hydrogen-bond donors (Lipinski definition) is 0. The molecule has 1 heteroatoms. The van der Waals surface area contributed by atoms with Gasteiger partial charge in [-0.3, -0.25) is 0 Å². The molecule has 0 fully saturated rings. The summed E-state index contributed by atoms with van der Waals surface area (Å²) in [6, 6.07) is 26.1. The summed E-state index contributed by atoms with van der Waals surface area (Å²) in [5, 5.41) is 1.48. The van der Waals surface area contributed by atoms with E-state index in [2.05, 4.69) is 61.7 Å². The van der Waals surface area contributed by atoms with Gasteiger partial charge in [0.1, 0.15) is 5.82 Å². The SMILES string of the molecule is C=CCCc1ccc(-c2ccc3cc(C#Cc4ccc(CCCC)cc4)ccc3c2F)cc1. The van der Waals surface area contributed by atoms with E-state index in [1.54, 1.807) is 0 Å². The topological polar surface area (TPSA) is 0 Å². The number of halogens is 1. The third kappa shape index (κ3) is 5.60. The van der Waals surface area contributed by atoms with Crippen LogP contribution in [-0.4, -0.2) is 0 Å². The molecule has 0 spiro atoms. The van der Waals surface area contributed by atoms with E-state index in [-0.39, 0.29) is 5.82 Å². The molecule has 4 rings (SSSR count). The van der Waals surface area contributed by atoms with Gasteiger partial charge in [-0.05, 0) is 72.0 Å². The Kier molecular flexibility index (Phi) is 7.38. The number of fused-ring (bicyclic) bond motifs is 1. The van der Waals surface area contributed by atoms with Gasteiger partial charge in [0.2, 0.25) is 0 Å². The molecule has 33 heavy (non-hydrogen) atoms. The molecule has 0 aliphatic heterocycles. The molecule has 0 saturated heterocycles. The van der Waals surface area contributed by atoms with Crippen LogP contribution in [0.3, 0.4) is 0 Å². The quantitative estimate of drug-likeness (QED) is 0.203. The second-order valence-corrected chi connectivity index (χ2v) is 8.44. The van der Waals surface area contributed by atoms with Crippen molar-refractivity contribution in [1.29, 1.82) is 0 Å². The molecule has 0 radical (unpaired) electrons. The lowest BCUT2D eigenvalue weighted by atomic mass is 9.97. The van der Waals surface area contributed by atoms with Gasteiger partial charge in [-0.1, -0.05) is 85.9 Å². The first-order chi connectivity index (χ1) is 16.2. The summed E-state index contributed by atoms with van der Waals surface area (Å²) in [5.41, 5.74) is 5.98. The predicted molar refractivity (Wildman–Crippen MR) is 139 cm³/mol. The molecule has 0 unspecified atom stereocenters. The highest BCUT2D eigenvalue weighted by molar-refractivity contribution is 5.89. The van der Waals surface area contributed by atoms with E-state index in [4.69, 9.17) is 0 Å². The van der Waals surface area contributed by atoms with Gasteiger partial charge in [0.15, 0.2) is 0 Å². The lowest BCUT2D eigenvalue weighted by Crippen LogP contribution is -1.89. The maximum absolute atomic E-state index is 15.3. The van der Waals surface area contributed by atoms with Crippen molar-refractivity contribution in [2.24, 2.45) is 0 Å². The Morgan fingerprint density at radius 1 is 0.788 bits per heavy atom. The van der Waals surface area contributed by atoms with Crippen LogP contribution >= 0.6 is 0 Å². The molecular formula is C32H29F. The smallest absolute Gasteiger partial charge is 0.138 e. The molecule has 0 aliphatic rings. The average molecular weight is 433 g/mol. The highest BCUT2D eigenvalue weighted by Crippen LogP contribution is 2.30. The van der Waals surface area contributed by atoms with Crippen LogP contribution in [0.5, 0.6) is 0 Å². The number of allylic oxidation sites excluding steroid dienone is 1. The Morgan fingerprint density at radius 2 is 1.45 bits per heavy atom. The Bertz CT molecular complexity index is 1300. The zero-order chi connectivity index (χ0) is 23.0. The van der Waals surface area contributed by atoms with E-state index >= 15 is 4.39 Å². The monoisotopic (exact) mass is 432 g/mol. The summed E-state index contributed by atoms with van der Waals surface area (Å²) in [7, 11) is 0. The molecule has 4 aromatic carbocycles. The first kappa shape index (κ1) is 22.6. The molecule has 0 nitrogen and oxygen atoms in total. The second kappa shape index (κ2) is 10.8. The largest absolute Gasteiger partial charge is 0.206 e. The molecule has 0 atom stereocenters. The van der Waals surface area contributed by atoms with E-state index < -0.39 is 0 Å². The minimum absolute atomic E-state index is 0.187. The normalized spacial score (nSPS) is 10.6. The molecule has 0 N–H and O–H groups in total. The van der Waals surface area contributed by atoms with E-state index in [0.717, 1.165) is 41.3 Å². The predicted octanol–water partition coefficient (Wildman–Crippen LogP) is 8.51. The minimum Gasteiger partial charge on any atom is -0.206 e. The molecule has 0 saturated carbocycles. The van der Waals surface area contributed by atoms with Crippen LogP contribution < -0.4 is 0 Å². The van der Waals surface area contributed by atoms with Gasteiger partial charge in [0.05, 0.1) is 0 Å². The summed E-state index contributed by atoms with van der Waals surface area (Å²) in [6.45, 7) is 5.98. The fourth-order valence-electron chi connectivity index (χ4n) is 3.99. The van der Waals surface area contributed by atoms with Crippen molar-refractivity contribution < 1.29 is 4.39 Å². The van der Waals surface area contributed by atoms with Gasteiger partial charge >= 0.3 is 0 Å². The number of aryl methyl sites for hydroxylation is 2. The average Bonchev–Trinajstić information content (AvgIpc) is 2.86. The first-order valence-electron chi connectivity index (χ1n) is 11.7. The molecular weight excluding hydrogens is 403 g/mol. The fraction of sp³-hybridized carbons (Fsp3) is 0.188. The van der Waals surface area contributed by atoms with Crippen molar-refractivity contribution in [3.8, 4) is 23.0 Å². The van der Waals surface area contributed by atoms with Crippen LogP contribution in [0.15, 0.2) is 91.5 Å². The van der Waals surface area contributed by atoms with E-state index in [9.17, 15) is 0 Å². The summed E-state index contributed by atoms with van der Waals surface area (Å²) in [5.74, 6) is 6.27. The van der Waals surface area contributed by atoms with Crippen molar-refractivity contribution in [2.75, 3.05) is 0 Å². The zero-order valence-corrected chi connectivity index (χ0v) is 19.2. The van der Waals surface area contributed by atoms with Gasteiger partial charge in [-0.2, -0.15) is 0 Å². The Balaban J connectivity index is 1.55. The first-order valence-corrected chi connectivity index (χ1v) is 11.7. The summed E-state index contributed by atoms with van der Waals surface area (Å²) < 4.78 is 15.3. The third-order valence-electron chi connectivity index (χ3n) is 5.98. The number of benzene rings is 4. The second-order valence-electron chi connectivity index (χ2n) is 8.44. The highest BCUT2D eigenvalue weighted by Gasteiger charge is 2.10. The van der Waals surface area contributed by atoms with Crippen molar-refractivity contribution in [1.82, 2.24) is 0 Å². The third-order valence-corrected chi connectivity index (χ3v) is 5.98. The van der Waals surface area contributed by atoms with Crippen molar-refractivity contribution in [3.63, 3.8) is 0 Å². The van der Waals surface area contributed by atoms with E-state index in [0.29, 0.717) is 10.9 Å². The molecule has 164 valence electrons. The van der Waals surface area contributed by atoms with Crippen LogP contribution in [0.25, 0.3) is 21.9 Å². The van der Waals surface area contributed by atoms with Crippen molar-refractivity contribution in [2.45, 2.75) is 39.0 Å². The molecule has 0 heterocycles. The molecule has 0 aliphatic carbocycles. The van der Waals surface area contributed by atoms with Gasteiger partial charge in [0.25, 0.3) is 0 Å². The Hall–Kier alpha value is -3.63. The lowest BCUT2D eigenvalue weighted by Gasteiger charge is -2.08. The number of rotatable bonds is 7. The molecule has 0 amide bonds. The minimum atomic E-state index is -0.187.